The number of carbonyl (C=O) groups is 2. The number of carboxylic acid groups (broad SMARTS) is 1. The molecule has 1 aromatic heterocycles. The minimum absolute atomic E-state index is 0.0940. The summed E-state index contributed by atoms with van der Waals surface area (Å²) in [5.74, 6) is -0.807. The highest BCUT2D eigenvalue weighted by Crippen LogP contribution is 2.17. The number of aliphatic carboxylic acids is 1. The fourth-order valence-corrected chi connectivity index (χ4v) is 2.51. The largest absolute Gasteiger partial charge is 0.481 e. The van der Waals surface area contributed by atoms with Crippen LogP contribution in [0.1, 0.15) is 42.4 Å². The van der Waals surface area contributed by atoms with Gasteiger partial charge in [0.25, 0.3) is 5.91 Å². The molecule has 21 heavy (non-hydrogen) atoms. The van der Waals surface area contributed by atoms with E-state index < -0.39 is 12.1 Å². The van der Waals surface area contributed by atoms with Crippen LogP contribution >= 0.6 is 0 Å². The zero-order valence-corrected chi connectivity index (χ0v) is 12.6. The summed E-state index contributed by atoms with van der Waals surface area (Å²) >= 11 is 0. The molecule has 1 saturated heterocycles. The Balaban J connectivity index is 2.08. The van der Waals surface area contributed by atoms with Gasteiger partial charge in [0.15, 0.2) is 5.69 Å². The normalized spacial score (nSPS) is 19.0. The molecular weight excluding hydrogens is 274 g/mol. The molecule has 2 rings (SSSR count). The average Bonchev–Trinajstić information content (AvgIpc) is 2.79. The molecule has 0 aliphatic carbocycles. The van der Waals surface area contributed by atoms with Gasteiger partial charge in [-0.1, -0.05) is 13.8 Å². The summed E-state index contributed by atoms with van der Waals surface area (Å²) in [7, 11) is 1.82. The first-order valence-corrected chi connectivity index (χ1v) is 7.05. The van der Waals surface area contributed by atoms with E-state index in [2.05, 4.69) is 5.10 Å². The second-order valence-electron chi connectivity index (χ2n) is 5.57. The van der Waals surface area contributed by atoms with Crippen molar-refractivity contribution in [1.82, 2.24) is 14.7 Å². The molecule has 1 aliphatic heterocycles. The third-order valence-electron chi connectivity index (χ3n) is 3.55. The Labute approximate surface area is 123 Å². The zero-order valence-electron chi connectivity index (χ0n) is 12.6. The van der Waals surface area contributed by atoms with Crippen LogP contribution in [0.25, 0.3) is 0 Å². The smallest absolute Gasteiger partial charge is 0.306 e. The van der Waals surface area contributed by atoms with Crippen LogP contribution in [0.4, 0.5) is 0 Å². The first-order valence-electron chi connectivity index (χ1n) is 7.05. The standard InChI is InChI=1S/C14H21N3O4/c1-9(2)12-7-11(15-16(12)3)14(20)17-4-5-21-10(8-17)6-13(18)19/h7,9-10H,4-6,8H2,1-3H3,(H,18,19)/t10-/m1/s1. The molecule has 116 valence electrons. The van der Waals surface area contributed by atoms with Gasteiger partial charge in [-0.3, -0.25) is 14.3 Å². The minimum Gasteiger partial charge on any atom is -0.481 e. The SMILES string of the molecule is CC(C)c1cc(C(=O)N2CCO[C@H](CC(=O)O)C2)nn1C. The van der Waals surface area contributed by atoms with Crippen molar-refractivity contribution < 1.29 is 19.4 Å². The summed E-state index contributed by atoms with van der Waals surface area (Å²) in [5.41, 5.74) is 1.39. The second kappa shape index (κ2) is 6.26. The van der Waals surface area contributed by atoms with Crippen LogP contribution in [0.5, 0.6) is 0 Å². The summed E-state index contributed by atoms with van der Waals surface area (Å²) in [6.45, 7) is 5.20. The number of carbonyl (C=O) groups excluding carboxylic acids is 1. The van der Waals surface area contributed by atoms with Gasteiger partial charge in [0, 0.05) is 25.8 Å². The van der Waals surface area contributed by atoms with E-state index >= 15 is 0 Å². The molecule has 0 unspecified atom stereocenters. The number of morpholine rings is 1. The van der Waals surface area contributed by atoms with Crippen molar-refractivity contribution in [2.45, 2.75) is 32.3 Å². The van der Waals surface area contributed by atoms with Crippen molar-refractivity contribution in [2.75, 3.05) is 19.7 Å². The quantitative estimate of drug-likeness (QED) is 0.890. The maximum absolute atomic E-state index is 12.5. The molecule has 7 heteroatoms. The number of aryl methyl sites for hydroxylation is 1. The molecule has 1 aliphatic rings. The molecule has 0 bridgehead atoms. The highest BCUT2D eigenvalue weighted by molar-refractivity contribution is 5.92. The third-order valence-corrected chi connectivity index (χ3v) is 3.55. The highest BCUT2D eigenvalue weighted by atomic mass is 16.5. The molecule has 0 aromatic carbocycles. The maximum atomic E-state index is 12.5. The Morgan fingerprint density at radius 3 is 2.81 bits per heavy atom. The zero-order chi connectivity index (χ0) is 15.6. The van der Waals surface area contributed by atoms with Crippen LogP contribution in [-0.2, 0) is 16.6 Å². The first-order chi connectivity index (χ1) is 9.88. The number of rotatable bonds is 4. The van der Waals surface area contributed by atoms with E-state index in [-0.39, 0.29) is 18.2 Å². The fraction of sp³-hybridized carbons (Fsp3) is 0.643. The van der Waals surface area contributed by atoms with Crippen LogP contribution in [0.2, 0.25) is 0 Å². The van der Waals surface area contributed by atoms with E-state index in [1.54, 1.807) is 15.6 Å². The minimum atomic E-state index is -0.922. The molecule has 0 spiro atoms. The van der Waals surface area contributed by atoms with Crippen molar-refractivity contribution in [2.24, 2.45) is 7.05 Å². The van der Waals surface area contributed by atoms with E-state index in [9.17, 15) is 9.59 Å². The van der Waals surface area contributed by atoms with Crippen molar-refractivity contribution in [3.63, 3.8) is 0 Å². The number of aromatic nitrogens is 2. The Morgan fingerprint density at radius 2 is 2.24 bits per heavy atom. The maximum Gasteiger partial charge on any atom is 0.306 e. The second-order valence-corrected chi connectivity index (χ2v) is 5.57. The van der Waals surface area contributed by atoms with Gasteiger partial charge in [-0.25, -0.2) is 0 Å². The summed E-state index contributed by atoms with van der Waals surface area (Å²) in [6.07, 6.45) is -0.544. The van der Waals surface area contributed by atoms with Gasteiger partial charge in [0.1, 0.15) is 0 Å². The number of hydrogen-bond donors (Lipinski definition) is 1. The van der Waals surface area contributed by atoms with Gasteiger partial charge < -0.3 is 14.7 Å². The van der Waals surface area contributed by atoms with Crippen LogP contribution in [-0.4, -0.2) is 57.5 Å². The number of nitrogens with zero attached hydrogens (tertiary/aromatic N) is 3. The molecule has 1 atom stereocenters. The fourth-order valence-electron chi connectivity index (χ4n) is 2.51. The Bertz CT molecular complexity index is 538. The Hall–Kier alpha value is -1.89. The lowest BCUT2D eigenvalue weighted by Crippen LogP contribution is -2.46. The van der Waals surface area contributed by atoms with Crippen LogP contribution in [0, 0.1) is 0 Å². The van der Waals surface area contributed by atoms with Crippen LogP contribution in [0.15, 0.2) is 6.07 Å². The third kappa shape index (κ3) is 3.60. The van der Waals surface area contributed by atoms with Gasteiger partial charge in [0.2, 0.25) is 0 Å². The lowest BCUT2D eigenvalue weighted by Gasteiger charge is -2.31. The van der Waals surface area contributed by atoms with Crippen molar-refractivity contribution in [3.8, 4) is 0 Å². The number of hydrogen-bond acceptors (Lipinski definition) is 4. The number of ether oxygens (including phenoxy) is 1. The van der Waals surface area contributed by atoms with E-state index in [4.69, 9.17) is 9.84 Å². The van der Waals surface area contributed by atoms with E-state index in [1.807, 2.05) is 20.9 Å². The van der Waals surface area contributed by atoms with Crippen LogP contribution < -0.4 is 0 Å². The lowest BCUT2D eigenvalue weighted by atomic mass is 10.1. The van der Waals surface area contributed by atoms with Gasteiger partial charge in [-0.2, -0.15) is 5.10 Å². The summed E-state index contributed by atoms with van der Waals surface area (Å²) in [6, 6.07) is 1.80. The van der Waals surface area contributed by atoms with Gasteiger partial charge >= 0.3 is 5.97 Å². The molecule has 2 heterocycles. The van der Waals surface area contributed by atoms with Gasteiger partial charge in [-0.15, -0.1) is 0 Å². The van der Waals surface area contributed by atoms with E-state index in [0.29, 0.717) is 25.4 Å². The summed E-state index contributed by atoms with van der Waals surface area (Å²) < 4.78 is 7.09. The van der Waals surface area contributed by atoms with Crippen LogP contribution in [0.3, 0.4) is 0 Å². The number of amides is 1. The predicted molar refractivity (Wildman–Crippen MR) is 75.2 cm³/mol. The van der Waals surface area contributed by atoms with E-state index in [1.165, 1.54) is 0 Å². The molecule has 1 aromatic rings. The predicted octanol–water partition coefficient (Wildman–Crippen LogP) is 0.859. The molecular formula is C14H21N3O4. The molecule has 7 nitrogen and oxygen atoms in total. The average molecular weight is 295 g/mol. The van der Waals surface area contributed by atoms with Gasteiger partial charge in [-0.05, 0) is 12.0 Å². The van der Waals surface area contributed by atoms with Gasteiger partial charge in [0.05, 0.1) is 19.1 Å². The summed E-state index contributed by atoms with van der Waals surface area (Å²) in [4.78, 5) is 24.8. The molecule has 0 radical (unpaired) electrons. The van der Waals surface area contributed by atoms with Crippen molar-refractivity contribution in [1.29, 1.82) is 0 Å². The molecule has 1 fully saturated rings. The summed E-state index contributed by atoms with van der Waals surface area (Å²) in [5, 5.41) is 13.1. The molecule has 0 saturated carbocycles. The number of carboxylic acids is 1. The lowest BCUT2D eigenvalue weighted by molar-refractivity contribution is -0.141. The van der Waals surface area contributed by atoms with E-state index in [0.717, 1.165) is 5.69 Å². The highest BCUT2D eigenvalue weighted by Gasteiger charge is 2.28. The monoisotopic (exact) mass is 295 g/mol. The Morgan fingerprint density at radius 1 is 1.52 bits per heavy atom. The topological polar surface area (TPSA) is 84.7 Å². The Kier molecular flexibility index (Phi) is 4.62. The molecule has 1 N–H and O–H groups in total. The van der Waals surface area contributed by atoms with Crippen molar-refractivity contribution >= 4 is 11.9 Å². The van der Waals surface area contributed by atoms with Crippen molar-refractivity contribution in [3.05, 3.63) is 17.5 Å². The first kappa shape index (κ1) is 15.5. The molecule has 1 amide bonds.